The highest BCUT2D eigenvalue weighted by Gasteiger charge is 2.37. The van der Waals surface area contributed by atoms with E-state index in [1.165, 1.54) is 4.90 Å². The highest BCUT2D eigenvalue weighted by molar-refractivity contribution is 7.92. The number of para-hydroxylation sites is 1. The Bertz CT molecular complexity index is 775. The fourth-order valence-electron chi connectivity index (χ4n) is 2.55. The van der Waals surface area contributed by atoms with Crippen LogP contribution in [0.15, 0.2) is 30.3 Å². The summed E-state index contributed by atoms with van der Waals surface area (Å²) >= 11 is 0. The summed E-state index contributed by atoms with van der Waals surface area (Å²) in [6, 6.07) is 8.16. The lowest BCUT2D eigenvalue weighted by Crippen LogP contribution is -2.47. The Balaban J connectivity index is 2.17. The Morgan fingerprint density at radius 3 is 2.35 bits per heavy atom. The van der Waals surface area contributed by atoms with Gasteiger partial charge in [0.1, 0.15) is 0 Å². The molecule has 1 aromatic rings. The number of amides is 1. The van der Waals surface area contributed by atoms with E-state index < -0.39 is 31.8 Å². The molecule has 1 aliphatic rings. The van der Waals surface area contributed by atoms with Crippen molar-refractivity contribution in [3.8, 4) is 0 Å². The molecule has 1 heterocycles. The topological polar surface area (TPSA) is 91.8 Å². The van der Waals surface area contributed by atoms with Crippen molar-refractivity contribution in [3.63, 3.8) is 0 Å². The minimum Gasteiger partial charge on any atom is -0.314 e. The van der Waals surface area contributed by atoms with Gasteiger partial charge in [0.25, 0.3) is 0 Å². The smallest absolute Gasteiger partial charge is 0.242 e. The molecule has 0 bridgehead atoms. The first-order valence-electron chi connectivity index (χ1n) is 7.09. The van der Waals surface area contributed by atoms with E-state index in [1.807, 2.05) is 6.07 Å². The van der Waals surface area contributed by atoms with Gasteiger partial charge in [-0.25, -0.2) is 16.8 Å². The minimum atomic E-state index is -3.69. The number of carbonyl (C=O) groups is 1. The maximum atomic E-state index is 12.4. The minimum absolute atomic E-state index is 0.0492. The molecule has 128 valence electrons. The van der Waals surface area contributed by atoms with Crippen LogP contribution in [-0.2, 0) is 24.7 Å². The summed E-state index contributed by atoms with van der Waals surface area (Å²) in [6.07, 6.45) is 1.21. The predicted molar refractivity (Wildman–Crippen MR) is 88.5 cm³/mol. The lowest BCUT2D eigenvalue weighted by Gasteiger charge is -2.27. The first-order chi connectivity index (χ1) is 10.6. The molecule has 1 aromatic carbocycles. The molecule has 1 fully saturated rings. The number of hydrogen-bond donors (Lipinski definition) is 0. The molecule has 0 aromatic heterocycles. The van der Waals surface area contributed by atoms with Gasteiger partial charge in [0.15, 0.2) is 9.84 Å². The molecule has 0 radical (unpaired) electrons. The lowest BCUT2D eigenvalue weighted by molar-refractivity contribution is -0.118. The van der Waals surface area contributed by atoms with Crippen LogP contribution in [0.2, 0.25) is 0 Å². The highest BCUT2D eigenvalue weighted by Crippen LogP contribution is 2.21. The molecular formula is C14H20N2O5S2. The van der Waals surface area contributed by atoms with Crippen LogP contribution in [0.3, 0.4) is 0 Å². The summed E-state index contributed by atoms with van der Waals surface area (Å²) in [5.74, 6) is -0.694. The van der Waals surface area contributed by atoms with Gasteiger partial charge in [0.05, 0.1) is 24.3 Å². The van der Waals surface area contributed by atoms with Gasteiger partial charge in [-0.05, 0) is 18.6 Å². The number of benzene rings is 1. The molecule has 0 saturated carbocycles. The van der Waals surface area contributed by atoms with Gasteiger partial charge in [-0.2, -0.15) is 4.31 Å². The van der Waals surface area contributed by atoms with E-state index in [4.69, 9.17) is 0 Å². The third kappa shape index (κ3) is 4.52. The monoisotopic (exact) mass is 360 g/mol. The lowest BCUT2D eigenvalue weighted by atomic mass is 10.2. The van der Waals surface area contributed by atoms with E-state index in [-0.39, 0.29) is 24.5 Å². The second-order valence-corrected chi connectivity index (χ2v) is 9.82. The fraction of sp³-hybridized carbons (Fsp3) is 0.500. The van der Waals surface area contributed by atoms with Gasteiger partial charge in [0.2, 0.25) is 15.9 Å². The average molecular weight is 360 g/mol. The van der Waals surface area contributed by atoms with Gasteiger partial charge in [-0.15, -0.1) is 0 Å². The second-order valence-electron chi connectivity index (χ2n) is 5.65. The first kappa shape index (κ1) is 17.9. The van der Waals surface area contributed by atoms with Crippen LogP contribution >= 0.6 is 0 Å². The Morgan fingerprint density at radius 1 is 1.26 bits per heavy atom. The predicted octanol–water partition coefficient (Wildman–Crippen LogP) is 0.0981. The zero-order valence-electron chi connectivity index (χ0n) is 13.0. The molecule has 1 amide bonds. The van der Waals surface area contributed by atoms with E-state index in [1.54, 1.807) is 31.3 Å². The molecule has 2 rings (SSSR count). The van der Waals surface area contributed by atoms with Crippen LogP contribution in [0, 0.1) is 0 Å². The molecule has 23 heavy (non-hydrogen) atoms. The van der Waals surface area contributed by atoms with Gasteiger partial charge < -0.3 is 4.90 Å². The van der Waals surface area contributed by atoms with Crippen molar-refractivity contribution in [2.45, 2.75) is 12.5 Å². The van der Waals surface area contributed by atoms with Crippen molar-refractivity contribution < 1.29 is 21.6 Å². The SMILES string of the molecule is CN(C(=O)CN(C1CCS(=O)(=O)C1)S(C)(=O)=O)c1ccccc1. The van der Waals surface area contributed by atoms with Crippen molar-refractivity contribution in [2.24, 2.45) is 0 Å². The fourth-order valence-corrected chi connectivity index (χ4v) is 5.45. The number of carbonyl (C=O) groups excluding carboxylic acids is 1. The molecule has 1 atom stereocenters. The van der Waals surface area contributed by atoms with Crippen LogP contribution in [-0.4, -0.2) is 64.4 Å². The van der Waals surface area contributed by atoms with Crippen molar-refractivity contribution >= 4 is 31.5 Å². The van der Waals surface area contributed by atoms with E-state index in [0.717, 1.165) is 10.6 Å². The molecule has 0 N–H and O–H groups in total. The molecule has 1 saturated heterocycles. The number of sulfone groups is 1. The number of likely N-dealkylation sites (N-methyl/N-ethyl adjacent to an activating group) is 1. The molecule has 7 nitrogen and oxygen atoms in total. The summed E-state index contributed by atoms with van der Waals surface area (Å²) in [4.78, 5) is 13.8. The quantitative estimate of drug-likeness (QED) is 0.742. The van der Waals surface area contributed by atoms with E-state index >= 15 is 0 Å². The van der Waals surface area contributed by atoms with Gasteiger partial charge in [0, 0.05) is 18.8 Å². The summed E-state index contributed by atoms with van der Waals surface area (Å²) in [6.45, 7) is -0.371. The number of anilines is 1. The normalized spacial score (nSPS) is 20.6. The Morgan fingerprint density at radius 2 is 1.87 bits per heavy atom. The zero-order valence-corrected chi connectivity index (χ0v) is 14.7. The molecule has 1 unspecified atom stereocenters. The summed E-state index contributed by atoms with van der Waals surface area (Å²) in [5, 5.41) is 0. The largest absolute Gasteiger partial charge is 0.314 e. The molecule has 0 spiro atoms. The third-order valence-electron chi connectivity index (χ3n) is 3.85. The maximum absolute atomic E-state index is 12.4. The maximum Gasteiger partial charge on any atom is 0.242 e. The van der Waals surface area contributed by atoms with Crippen molar-refractivity contribution in [1.82, 2.24) is 4.31 Å². The van der Waals surface area contributed by atoms with E-state index in [0.29, 0.717) is 5.69 Å². The summed E-state index contributed by atoms with van der Waals surface area (Å²) in [5.41, 5.74) is 0.644. The van der Waals surface area contributed by atoms with Crippen molar-refractivity contribution in [2.75, 3.05) is 36.3 Å². The first-order valence-corrected chi connectivity index (χ1v) is 10.8. The van der Waals surface area contributed by atoms with Gasteiger partial charge >= 0.3 is 0 Å². The van der Waals surface area contributed by atoms with Gasteiger partial charge in [-0.1, -0.05) is 18.2 Å². The van der Waals surface area contributed by atoms with Crippen LogP contribution in [0.25, 0.3) is 0 Å². The Labute approximate surface area is 136 Å². The standard InChI is InChI=1S/C14H20N2O5S2/c1-15(12-6-4-3-5-7-12)14(17)10-16(22(2,18)19)13-8-9-23(20,21)11-13/h3-7,13H,8-11H2,1-2H3. The average Bonchev–Trinajstić information content (AvgIpc) is 2.83. The summed E-state index contributed by atoms with van der Waals surface area (Å²) < 4.78 is 48.2. The van der Waals surface area contributed by atoms with Crippen LogP contribution in [0.1, 0.15) is 6.42 Å². The van der Waals surface area contributed by atoms with E-state index in [9.17, 15) is 21.6 Å². The van der Waals surface area contributed by atoms with Gasteiger partial charge in [-0.3, -0.25) is 4.79 Å². The van der Waals surface area contributed by atoms with Crippen molar-refractivity contribution in [3.05, 3.63) is 30.3 Å². The van der Waals surface area contributed by atoms with Crippen molar-refractivity contribution in [1.29, 1.82) is 0 Å². The van der Waals surface area contributed by atoms with Crippen LogP contribution in [0.4, 0.5) is 5.69 Å². The Kier molecular flexibility index (Phi) is 5.12. The van der Waals surface area contributed by atoms with E-state index in [2.05, 4.69) is 0 Å². The van der Waals surface area contributed by atoms with Crippen LogP contribution < -0.4 is 4.90 Å². The number of nitrogens with zero attached hydrogens (tertiary/aromatic N) is 2. The Hall–Kier alpha value is -1.45. The zero-order chi connectivity index (χ0) is 17.3. The number of hydrogen-bond acceptors (Lipinski definition) is 5. The molecular weight excluding hydrogens is 340 g/mol. The molecule has 1 aliphatic heterocycles. The number of rotatable bonds is 5. The van der Waals surface area contributed by atoms with Crippen LogP contribution in [0.5, 0.6) is 0 Å². The second kappa shape index (κ2) is 6.58. The third-order valence-corrected chi connectivity index (χ3v) is 6.88. The number of sulfonamides is 1. The summed E-state index contributed by atoms with van der Waals surface area (Å²) in [7, 11) is -5.37. The molecule has 9 heteroatoms. The molecule has 0 aliphatic carbocycles. The highest BCUT2D eigenvalue weighted by atomic mass is 32.2.